The highest BCUT2D eigenvalue weighted by molar-refractivity contribution is 5.82. The summed E-state index contributed by atoms with van der Waals surface area (Å²) in [5.41, 5.74) is 0.0399. The number of rotatable bonds is 4. The van der Waals surface area contributed by atoms with Crippen molar-refractivity contribution in [2.24, 2.45) is 52.8 Å². The number of carbonyl (C=O) groups is 1. The number of Topliss-reactive ketones (excluding diaryl/α,β-unsaturated/α-hetero) is 1. The Morgan fingerprint density at radius 1 is 1.09 bits per heavy atom. The molecule has 1 aromatic heterocycles. The lowest BCUT2D eigenvalue weighted by molar-refractivity contribution is -0.134. The number of aliphatic hydroxyl groups is 1. The first-order chi connectivity index (χ1) is 15.8. The van der Waals surface area contributed by atoms with Gasteiger partial charge in [-0.25, -0.2) is 0 Å². The van der Waals surface area contributed by atoms with Crippen LogP contribution in [0.5, 0.6) is 0 Å². The first-order valence-electron chi connectivity index (χ1n) is 13.5. The van der Waals surface area contributed by atoms with Gasteiger partial charge in [-0.05, 0) is 124 Å². The van der Waals surface area contributed by atoms with E-state index in [9.17, 15) is 9.90 Å². The predicted octanol–water partition coefficient (Wildman–Crippen LogP) is 4.98. The third-order valence-electron chi connectivity index (χ3n) is 11.0. The zero-order valence-corrected chi connectivity index (χ0v) is 20.2. The first-order valence-corrected chi connectivity index (χ1v) is 13.5. The highest BCUT2D eigenvalue weighted by atomic mass is 16.3. The average molecular weight is 450 g/mol. The fourth-order valence-corrected chi connectivity index (χ4v) is 9.55. The maximum atomic E-state index is 13.6. The van der Waals surface area contributed by atoms with Crippen LogP contribution in [-0.2, 0) is 11.3 Å². The van der Waals surface area contributed by atoms with Crippen molar-refractivity contribution in [2.45, 2.75) is 90.2 Å². The van der Waals surface area contributed by atoms with E-state index < -0.39 is 5.60 Å². The maximum Gasteiger partial charge on any atom is 0.162 e. The molecular weight excluding hydrogens is 410 g/mol. The van der Waals surface area contributed by atoms with Crippen LogP contribution in [-0.4, -0.2) is 26.3 Å². The van der Waals surface area contributed by atoms with Crippen LogP contribution in [0.1, 0.15) is 83.7 Å². The lowest BCUT2D eigenvalue weighted by Gasteiger charge is -2.57. The summed E-state index contributed by atoms with van der Waals surface area (Å²) in [6.07, 6.45) is 13.7. The Bertz CT molecular complexity index is 972. The Hall–Kier alpha value is -1.67. The van der Waals surface area contributed by atoms with Gasteiger partial charge >= 0.3 is 0 Å². The third-order valence-corrected chi connectivity index (χ3v) is 11.0. The van der Waals surface area contributed by atoms with Crippen LogP contribution in [0.25, 0.3) is 0 Å². The van der Waals surface area contributed by atoms with Gasteiger partial charge in [-0.15, -0.1) is 0 Å². The molecule has 1 heterocycles. The minimum atomic E-state index is -0.462. The van der Waals surface area contributed by atoms with Crippen LogP contribution in [0.2, 0.25) is 0 Å². The molecule has 0 unspecified atom stereocenters. The molecule has 5 heteroatoms. The summed E-state index contributed by atoms with van der Waals surface area (Å²) in [6.45, 7) is 4.81. The molecule has 0 aromatic carbocycles. The van der Waals surface area contributed by atoms with Gasteiger partial charge in [-0.2, -0.15) is 10.4 Å². The molecule has 0 saturated heterocycles. The molecule has 5 aliphatic rings. The summed E-state index contributed by atoms with van der Waals surface area (Å²) in [4.78, 5) is 13.6. The van der Waals surface area contributed by atoms with E-state index in [2.05, 4.69) is 18.1 Å². The summed E-state index contributed by atoms with van der Waals surface area (Å²) in [7, 11) is 0. The molecule has 178 valence electrons. The average Bonchev–Trinajstić information content (AvgIpc) is 3.43. The Labute approximate surface area is 197 Å². The molecule has 6 rings (SSSR count). The second-order valence-corrected chi connectivity index (χ2v) is 12.9. The van der Waals surface area contributed by atoms with E-state index in [0.29, 0.717) is 35.8 Å². The zero-order chi connectivity index (χ0) is 23.0. The van der Waals surface area contributed by atoms with Crippen molar-refractivity contribution >= 4 is 5.78 Å². The van der Waals surface area contributed by atoms with Crippen molar-refractivity contribution < 1.29 is 9.90 Å². The van der Waals surface area contributed by atoms with E-state index >= 15 is 0 Å². The number of aromatic nitrogens is 2. The second kappa shape index (κ2) is 7.67. The van der Waals surface area contributed by atoms with Crippen LogP contribution in [0.15, 0.2) is 12.3 Å². The molecule has 0 amide bonds. The minimum absolute atomic E-state index is 0.115. The molecule has 33 heavy (non-hydrogen) atoms. The molecule has 5 fully saturated rings. The van der Waals surface area contributed by atoms with Crippen molar-refractivity contribution in [1.29, 1.82) is 5.26 Å². The van der Waals surface area contributed by atoms with Gasteiger partial charge in [0.1, 0.15) is 6.07 Å². The monoisotopic (exact) mass is 449 g/mol. The van der Waals surface area contributed by atoms with E-state index in [1.165, 1.54) is 44.9 Å². The van der Waals surface area contributed by atoms with E-state index in [-0.39, 0.29) is 11.3 Å². The predicted molar refractivity (Wildman–Crippen MR) is 125 cm³/mol. The van der Waals surface area contributed by atoms with Crippen LogP contribution in [0, 0.1) is 64.1 Å². The van der Waals surface area contributed by atoms with Crippen LogP contribution < -0.4 is 0 Å². The number of nitrogens with zero attached hydrogens (tertiary/aromatic N) is 3. The lowest BCUT2D eigenvalue weighted by atomic mass is 9.48. The Morgan fingerprint density at radius 3 is 2.58 bits per heavy atom. The first kappa shape index (κ1) is 21.8. The van der Waals surface area contributed by atoms with Crippen LogP contribution in [0.4, 0.5) is 0 Å². The zero-order valence-electron chi connectivity index (χ0n) is 20.2. The molecule has 9 atom stereocenters. The number of nitriles is 1. The molecule has 0 radical (unpaired) electrons. The Kier molecular flexibility index (Phi) is 5.07. The maximum absolute atomic E-state index is 13.6. The summed E-state index contributed by atoms with van der Waals surface area (Å²) in [6, 6.07) is 3.77. The molecule has 5 aliphatic carbocycles. The number of fused-ring (bicyclic) bond motifs is 5. The highest BCUT2D eigenvalue weighted by Gasteiger charge is 2.63. The number of hydrogen-bond acceptors (Lipinski definition) is 4. The normalized spacial score (nSPS) is 46.7. The standard InChI is InChI=1S/C28H39N3O2/c1-27(33)10-7-20-18(14-27)5-6-22-21(20)8-11-28(2)24(13-23(26(22)28)17-3-4-17)25(32)16-31-12-9-19(15-29)30-31/h9,12,17-18,20-24,26,33H,3-8,10-11,13-14,16H2,1-2H3/t18-,20+,21-,22-,23+,24-,26-,27-,28-/m1/s1. The van der Waals surface area contributed by atoms with Gasteiger partial charge < -0.3 is 5.11 Å². The summed E-state index contributed by atoms with van der Waals surface area (Å²) < 4.78 is 1.68. The van der Waals surface area contributed by atoms with Crippen LogP contribution >= 0.6 is 0 Å². The van der Waals surface area contributed by atoms with Gasteiger partial charge in [0.05, 0.1) is 12.1 Å². The van der Waals surface area contributed by atoms with Gasteiger partial charge in [-0.1, -0.05) is 6.92 Å². The topological polar surface area (TPSA) is 78.9 Å². The molecule has 0 aliphatic heterocycles. The summed E-state index contributed by atoms with van der Waals surface area (Å²) in [5, 5.41) is 24.1. The van der Waals surface area contributed by atoms with Crippen molar-refractivity contribution in [1.82, 2.24) is 9.78 Å². The molecule has 0 bridgehead atoms. The molecular formula is C28H39N3O2. The number of carbonyl (C=O) groups excluding carboxylic acids is 1. The molecule has 1 N–H and O–H groups in total. The molecule has 5 nitrogen and oxygen atoms in total. The smallest absolute Gasteiger partial charge is 0.162 e. The van der Waals surface area contributed by atoms with Crippen molar-refractivity contribution in [3.63, 3.8) is 0 Å². The van der Waals surface area contributed by atoms with E-state index in [0.717, 1.165) is 42.9 Å². The Morgan fingerprint density at radius 2 is 1.85 bits per heavy atom. The van der Waals surface area contributed by atoms with Crippen molar-refractivity contribution in [3.8, 4) is 6.07 Å². The molecule has 5 saturated carbocycles. The van der Waals surface area contributed by atoms with E-state index in [1.54, 1.807) is 16.9 Å². The fraction of sp³-hybridized carbons (Fsp3) is 0.821. The van der Waals surface area contributed by atoms with Gasteiger partial charge in [0, 0.05) is 12.1 Å². The lowest BCUT2D eigenvalue weighted by Crippen LogP contribution is -2.52. The second-order valence-electron chi connectivity index (χ2n) is 12.9. The van der Waals surface area contributed by atoms with Crippen LogP contribution in [0.3, 0.4) is 0 Å². The van der Waals surface area contributed by atoms with E-state index in [1.807, 2.05) is 6.92 Å². The van der Waals surface area contributed by atoms with Gasteiger partial charge in [-0.3, -0.25) is 9.48 Å². The number of hydrogen-bond donors (Lipinski definition) is 1. The minimum Gasteiger partial charge on any atom is -0.390 e. The quantitative estimate of drug-likeness (QED) is 0.703. The van der Waals surface area contributed by atoms with Gasteiger partial charge in [0.25, 0.3) is 0 Å². The molecule has 0 spiro atoms. The van der Waals surface area contributed by atoms with Crippen molar-refractivity contribution in [3.05, 3.63) is 18.0 Å². The van der Waals surface area contributed by atoms with Gasteiger partial charge in [0.2, 0.25) is 0 Å². The SMILES string of the molecule is C[C@@]1(O)CC[C@H]2[C@H](CC[C@@H]3[C@@H]2CC[C@@]2(C)[C@H]3[C@H](C3CC3)C[C@@H]2C(=O)Cn2ccc(C#N)n2)C1. The summed E-state index contributed by atoms with van der Waals surface area (Å²) >= 11 is 0. The van der Waals surface area contributed by atoms with Crippen molar-refractivity contribution in [2.75, 3.05) is 0 Å². The number of ketones is 1. The van der Waals surface area contributed by atoms with E-state index in [4.69, 9.17) is 5.26 Å². The highest BCUT2D eigenvalue weighted by Crippen LogP contribution is 2.69. The largest absolute Gasteiger partial charge is 0.390 e. The third kappa shape index (κ3) is 3.59. The molecule has 1 aromatic rings. The fourth-order valence-electron chi connectivity index (χ4n) is 9.55. The van der Waals surface area contributed by atoms with Gasteiger partial charge in [0.15, 0.2) is 11.5 Å². The summed E-state index contributed by atoms with van der Waals surface area (Å²) in [5.74, 6) is 5.77. The Balaban J connectivity index is 1.25.